The Morgan fingerprint density at radius 3 is 2.88 bits per heavy atom. The highest BCUT2D eigenvalue weighted by molar-refractivity contribution is 7.99. The first-order valence-electron chi connectivity index (χ1n) is 6.27. The van der Waals surface area contributed by atoms with E-state index in [-0.39, 0.29) is 11.4 Å². The Kier molecular flexibility index (Phi) is 4.14. The molecule has 0 aromatic heterocycles. The number of hydrogen-bond donors (Lipinski definition) is 2. The van der Waals surface area contributed by atoms with Crippen molar-refractivity contribution in [3.63, 3.8) is 0 Å². The molecule has 1 unspecified atom stereocenters. The first kappa shape index (κ1) is 12.2. The molecule has 2 aliphatic heterocycles. The van der Waals surface area contributed by atoms with Crippen LogP contribution in [0.4, 0.5) is 0 Å². The molecule has 2 aliphatic rings. The van der Waals surface area contributed by atoms with Crippen LogP contribution in [0.5, 0.6) is 0 Å². The van der Waals surface area contributed by atoms with E-state index in [0.29, 0.717) is 5.92 Å². The minimum absolute atomic E-state index is 0.000496. The quantitative estimate of drug-likeness (QED) is 0.786. The Balaban J connectivity index is 1.74. The Labute approximate surface area is 102 Å². The second-order valence-corrected chi connectivity index (χ2v) is 6.52. The van der Waals surface area contributed by atoms with Gasteiger partial charge in [0.15, 0.2) is 0 Å². The Bertz CT molecular complexity index is 245. The van der Waals surface area contributed by atoms with Crippen molar-refractivity contribution >= 4 is 17.7 Å². The van der Waals surface area contributed by atoms with E-state index in [1.165, 1.54) is 24.3 Å². The molecule has 4 heteroatoms. The second-order valence-electron chi connectivity index (χ2n) is 5.30. The molecule has 1 amide bonds. The summed E-state index contributed by atoms with van der Waals surface area (Å²) in [6.07, 6.45) is 4.22. The molecule has 0 bridgehead atoms. The molecule has 3 nitrogen and oxygen atoms in total. The number of carbonyl (C=O) groups is 1. The fraction of sp³-hybridized carbons (Fsp3) is 0.917. The summed E-state index contributed by atoms with van der Waals surface area (Å²) in [6.45, 7) is 4.08. The zero-order chi connectivity index (χ0) is 11.4. The fourth-order valence-electron chi connectivity index (χ4n) is 2.52. The van der Waals surface area contributed by atoms with E-state index in [4.69, 9.17) is 0 Å². The molecule has 0 aromatic rings. The molecular weight excluding hydrogens is 220 g/mol. The predicted octanol–water partition coefficient (Wildman–Crippen LogP) is 1.39. The number of thioether (sulfide) groups is 1. The zero-order valence-corrected chi connectivity index (χ0v) is 10.9. The Hall–Kier alpha value is -0.220. The molecular formula is C12H22N2OS. The van der Waals surface area contributed by atoms with Gasteiger partial charge >= 0.3 is 0 Å². The summed E-state index contributed by atoms with van der Waals surface area (Å²) < 4.78 is 0. The monoisotopic (exact) mass is 242 g/mol. The molecule has 0 aromatic carbocycles. The molecule has 2 N–H and O–H groups in total. The van der Waals surface area contributed by atoms with E-state index in [2.05, 4.69) is 17.6 Å². The van der Waals surface area contributed by atoms with Crippen molar-refractivity contribution in [3.05, 3.63) is 0 Å². The van der Waals surface area contributed by atoms with E-state index in [9.17, 15) is 4.79 Å². The maximum absolute atomic E-state index is 11.9. The van der Waals surface area contributed by atoms with Gasteiger partial charge in [-0.1, -0.05) is 0 Å². The first-order chi connectivity index (χ1) is 7.68. The lowest BCUT2D eigenvalue weighted by Gasteiger charge is -2.27. The van der Waals surface area contributed by atoms with Crippen molar-refractivity contribution in [1.29, 1.82) is 0 Å². The topological polar surface area (TPSA) is 41.1 Å². The van der Waals surface area contributed by atoms with Gasteiger partial charge in [-0.3, -0.25) is 4.79 Å². The van der Waals surface area contributed by atoms with Crippen LogP contribution in [0.25, 0.3) is 0 Å². The smallest absolute Gasteiger partial charge is 0.220 e. The summed E-state index contributed by atoms with van der Waals surface area (Å²) in [7, 11) is 0. The van der Waals surface area contributed by atoms with Gasteiger partial charge in [0, 0.05) is 13.0 Å². The van der Waals surface area contributed by atoms with E-state index < -0.39 is 0 Å². The lowest BCUT2D eigenvalue weighted by Crippen LogP contribution is -2.48. The van der Waals surface area contributed by atoms with Crippen molar-refractivity contribution in [2.45, 2.75) is 38.1 Å². The van der Waals surface area contributed by atoms with Gasteiger partial charge < -0.3 is 10.6 Å². The predicted molar refractivity (Wildman–Crippen MR) is 68.7 cm³/mol. The molecule has 0 spiro atoms. The van der Waals surface area contributed by atoms with Crippen molar-refractivity contribution < 1.29 is 4.79 Å². The molecule has 0 aliphatic carbocycles. The molecule has 92 valence electrons. The van der Waals surface area contributed by atoms with Gasteiger partial charge in [-0.05, 0) is 50.2 Å². The van der Waals surface area contributed by atoms with E-state index in [1.54, 1.807) is 0 Å². The van der Waals surface area contributed by atoms with Crippen LogP contribution in [0.15, 0.2) is 0 Å². The largest absolute Gasteiger partial charge is 0.350 e. The maximum Gasteiger partial charge on any atom is 0.220 e. The third kappa shape index (κ3) is 3.39. The Morgan fingerprint density at radius 1 is 1.50 bits per heavy atom. The van der Waals surface area contributed by atoms with Gasteiger partial charge in [0.2, 0.25) is 5.91 Å². The molecule has 2 rings (SSSR count). The third-order valence-electron chi connectivity index (χ3n) is 3.62. The average Bonchev–Trinajstić information content (AvgIpc) is 2.66. The molecule has 16 heavy (non-hydrogen) atoms. The summed E-state index contributed by atoms with van der Waals surface area (Å²) >= 11 is 2.02. The fourth-order valence-corrected chi connectivity index (χ4v) is 3.73. The number of amides is 1. The highest BCUT2D eigenvalue weighted by atomic mass is 32.2. The number of hydrogen-bond acceptors (Lipinski definition) is 3. The maximum atomic E-state index is 11.9. The van der Waals surface area contributed by atoms with Gasteiger partial charge in [-0.15, -0.1) is 0 Å². The number of nitrogens with one attached hydrogen (secondary N) is 2. The second kappa shape index (κ2) is 5.41. The van der Waals surface area contributed by atoms with Crippen molar-refractivity contribution in [2.75, 3.05) is 24.6 Å². The van der Waals surface area contributed by atoms with Gasteiger partial charge in [0.05, 0.1) is 5.54 Å². The average molecular weight is 242 g/mol. The number of rotatable bonds is 3. The van der Waals surface area contributed by atoms with Crippen LogP contribution >= 0.6 is 11.8 Å². The summed E-state index contributed by atoms with van der Waals surface area (Å²) in [6, 6.07) is 0. The molecule has 0 radical (unpaired) electrons. The van der Waals surface area contributed by atoms with E-state index in [1.807, 2.05) is 11.8 Å². The van der Waals surface area contributed by atoms with Crippen LogP contribution in [0, 0.1) is 5.92 Å². The van der Waals surface area contributed by atoms with Crippen LogP contribution in [0.3, 0.4) is 0 Å². The summed E-state index contributed by atoms with van der Waals surface area (Å²) in [5.41, 5.74) is 0.000496. The highest BCUT2D eigenvalue weighted by Crippen LogP contribution is 2.25. The van der Waals surface area contributed by atoms with Gasteiger partial charge in [0.25, 0.3) is 0 Å². The lowest BCUT2D eigenvalue weighted by atomic mass is 9.96. The van der Waals surface area contributed by atoms with Gasteiger partial charge in [-0.2, -0.15) is 11.8 Å². The lowest BCUT2D eigenvalue weighted by molar-refractivity contribution is -0.123. The summed E-state index contributed by atoms with van der Waals surface area (Å²) in [4.78, 5) is 11.9. The van der Waals surface area contributed by atoms with Crippen LogP contribution in [0.1, 0.15) is 32.6 Å². The van der Waals surface area contributed by atoms with Crippen LogP contribution in [-0.2, 0) is 4.79 Å². The molecule has 2 saturated heterocycles. The molecule has 2 fully saturated rings. The third-order valence-corrected chi connectivity index (χ3v) is 4.67. The van der Waals surface area contributed by atoms with E-state index in [0.717, 1.165) is 25.9 Å². The zero-order valence-electron chi connectivity index (χ0n) is 10.1. The highest BCUT2D eigenvalue weighted by Gasteiger charge is 2.30. The van der Waals surface area contributed by atoms with Crippen molar-refractivity contribution in [1.82, 2.24) is 10.6 Å². The standard InChI is InChI=1S/C12H22N2OS/c1-12(4-5-13-9-12)14-11(15)8-10-2-6-16-7-3-10/h10,13H,2-9H2,1H3,(H,14,15). The van der Waals surface area contributed by atoms with Gasteiger partial charge in [-0.25, -0.2) is 0 Å². The van der Waals surface area contributed by atoms with Crippen LogP contribution in [0.2, 0.25) is 0 Å². The summed E-state index contributed by atoms with van der Waals surface area (Å²) in [5.74, 6) is 3.34. The minimum Gasteiger partial charge on any atom is -0.350 e. The van der Waals surface area contributed by atoms with E-state index >= 15 is 0 Å². The number of carbonyl (C=O) groups excluding carboxylic acids is 1. The first-order valence-corrected chi connectivity index (χ1v) is 7.43. The summed E-state index contributed by atoms with van der Waals surface area (Å²) in [5, 5.41) is 6.50. The van der Waals surface area contributed by atoms with Crippen molar-refractivity contribution in [3.8, 4) is 0 Å². The van der Waals surface area contributed by atoms with Crippen LogP contribution < -0.4 is 10.6 Å². The SMILES string of the molecule is CC1(NC(=O)CC2CCSCC2)CCNC1. The van der Waals surface area contributed by atoms with Gasteiger partial charge in [0.1, 0.15) is 0 Å². The van der Waals surface area contributed by atoms with Crippen molar-refractivity contribution in [2.24, 2.45) is 5.92 Å². The molecule has 1 atom stereocenters. The normalized spacial score (nSPS) is 31.6. The van der Waals surface area contributed by atoms with Crippen LogP contribution in [-0.4, -0.2) is 36.0 Å². The Morgan fingerprint density at radius 2 is 2.25 bits per heavy atom. The molecule has 0 saturated carbocycles. The minimum atomic E-state index is 0.000496. The molecule has 2 heterocycles.